The number of aryl methyl sites for hydroxylation is 2. The van der Waals surface area contributed by atoms with Crippen molar-refractivity contribution < 1.29 is 4.79 Å². The zero-order valence-electron chi connectivity index (χ0n) is 11.2. The molecule has 0 aliphatic heterocycles. The second-order valence-corrected chi connectivity index (χ2v) is 4.58. The molecule has 0 saturated heterocycles. The van der Waals surface area contributed by atoms with Crippen LogP contribution < -0.4 is 5.32 Å². The van der Waals surface area contributed by atoms with Gasteiger partial charge in [0.25, 0.3) is 5.91 Å². The van der Waals surface area contributed by atoms with Gasteiger partial charge in [0.05, 0.1) is 5.52 Å². The molecule has 2 aromatic heterocycles. The van der Waals surface area contributed by atoms with Crippen LogP contribution in [0.1, 0.15) is 16.1 Å². The molecule has 0 unspecified atom stereocenters. The molecule has 0 aliphatic carbocycles. The highest BCUT2D eigenvalue weighted by Gasteiger charge is 2.10. The second-order valence-electron chi connectivity index (χ2n) is 4.58. The second kappa shape index (κ2) is 4.73. The number of pyridine rings is 1. The molecule has 1 amide bonds. The van der Waals surface area contributed by atoms with Gasteiger partial charge in [-0.15, -0.1) is 10.2 Å². The monoisotopic (exact) mass is 267 g/mol. The van der Waals surface area contributed by atoms with E-state index in [1.807, 2.05) is 31.2 Å². The van der Waals surface area contributed by atoms with Gasteiger partial charge in [-0.25, -0.2) is 0 Å². The number of rotatable bonds is 2. The molecule has 6 heteroatoms. The fourth-order valence-electron chi connectivity index (χ4n) is 1.94. The van der Waals surface area contributed by atoms with Crippen LogP contribution in [0.4, 0.5) is 5.95 Å². The van der Waals surface area contributed by atoms with Crippen LogP contribution in [-0.2, 0) is 7.05 Å². The maximum absolute atomic E-state index is 12.2. The molecule has 6 nitrogen and oxygen atoms in total. The third-order valence-electron chi connectivity index (χ3n) is 3.03. The average molecular weight is 267 g/mol. The molecule has 3 rings (SSSR count). The predicted octanol–water partition coefficient (Wildman–Crippen LogP) is 1.92. The number of aromatic nitrogens is 4. The Labute approximate surface area is 115 Å². The molecule has 0 aliphatic rings. The first-order valence-electron chi connectivity index (χ1n) is 6.16. The van der Waals surface area contributed by atoms with E-state index in [-0.39, 0.29) is 5.91 Å². The number of hydrogen-bond donors (Lipinski definition) is 1. The summed E-state index contributed by atoms with van der Waals surface area (Å²) in [5, 5.41) is 11.2. The molecule has 0 bridgehead atoms. The Morgan fingerprint density at radius 3 is 2.85 bits per heavy atom. The molecule has 20 heavy (non-hydrogen) atoms. The number of amides is 1. The van der Waals surface area contributed by atoms with E-state index in [1.165, 1.54) is 6.33 Å². The average Bonchev–Trinajstić information content (AvgIpc) is 2.83. The Bertz CT molecular complexity index is 793. The number of fused-ring (bicyclic) bond motifs is 1. The summed E-state index contributed by atoms with van der Waals surface area (Å²) in [5.41, 5.74) is 2.39. The zero-order chi connectivity index (χ0) is 14.1. The molecule has 2 heterocycles. The number of benzene rings is 1. The van der Waals surface area contributed by atoms with Crippen molar-refractivity contribution >= 4 is 22.8 Å². The number of nitrogens with zero attached hydrogens (tertiary/aromatic N) is 4. The largest absolute Gasteiger partial charge is 0.303 e. The normalized spacial score (nSPS) is 10.7. The Morgan fingerprint density at radius 2 is 2.10 bits per heavy atom. The van der Waals surface area contributed by atoms with E-state index in [0.717, 1.165) is 16.6 Å². The smallest absolute Gasteiger partial charge is 0.258 e. The van der Waals surface area contributed by atoms with Crippen molar-refractivity contribution in [3.8, 4) is 0 Å². The van der Waals surface area contributed by atoms with Crippen LogP contribution in [0.3, 0.4) is 0 Å². The summed E-state index contributed by atoms with van der Waals surface area (Å²) in [5.74, 6) is 0.195. The minimum Gasteiger partial charge on any atom is -0.303 e. The topological polar surface area (TPSA) is 72.7 Å². The lowest BCUT2D eigenvalue weighted by Gasteiger charge is -2.05. The Balaban J connectivity index is 1.92. The SMILES string of the molecule is Cc1ccc2cc(C(=O)Nc3nncn3C)ccc2n1. The highest BCUT2D eigenvalue weighted by molar-refractivity contribution is 6.05. The van der Waals surface area contributed by atoms with Gasteiger partial charge in [-0.3, -0.25) is 15.1 Å². The molecule has 0 atom stereocenters. The van der Waals surface area contributed by atoms with Gasteiger partial charge >= 0.3 is 0 Å². The maximum atomic E-state index is 12.2. The van der Waals surface area contributed by atoms with E-state index in [4.69, 9.17) is 0 Å². The van der Waals surface area contributed by atoms with E-state index in [1.54, 1.807) is 17.7 Å². The van der Waals surface area contributed by atoms with Crippen molar-refractivity contribution in [2.45, 2.75) is 6.92 Å². The molecular weight excluding hydrogens is 254 g/mol. The molecule has 0 radical (unpaired) electrons. The van der Waals surface area contributed by atoms with Crippen molar-refractivity contribution in [3.63, 3.8) is 0 Å². The van der Waals surface area contributed by atoms with Gasteiger partial charge in [0.15, 0.2) is 0 Å². The van der Waals surface area contributed by atoms with Gasteiger partial charge in [0.2, 0.25) is 5.95 Å². The first-order chi connectivity index (χ1) is 9.63. The lowest BCUT2D eigenvalue weighted by Crippen LogP contribution is -2.14. The van der Waals surface area contributed by atoms with Crippen molar-refractivity contribution in [3.05, 3.63) is 47.9 Å². The van der Waals surface area contributed by atoms with Crippen molar-refractivity contribution in [1.82, 2.24) is 19.7 Å². The van der Waals surface area contributed by atoms with Gasteiger partial charge in [0, 0.05) is 23.7 Å². The first kappa shape index (κ1) is 12.3. The summed E-state index contributed by atoms with van der Waals surface area (Å²) in [6.07, 6.45) is 1.53. The zero-order valence-corrected chi connectivity index (χ0v) is 11.2. The van der Waals surface area contributed by atoms with Gasteiger partial charge in [0.1, 0.15) is 6.33 Å². The molecule has 0 spiro atoms. The van der Waals surface area contributed by atoms with Crippen LogP contribution in [0.15, 0.2) is 36.7 Å². The van der Waals surface area contributed by atoms with E-state index in [0.29, 0.717) is 11.5 Å². The molecule has 1 N–H and O–H groups in total. The van der Waals surface area contributed by atoms with Gasteiger partial charge in [-0.2, -0.15) is 0 Å². The van der Waals surface area contributed by atoms with Crippen LogP contribution in [-0.4, -0.2) is 25.7 Å². The summed E-state index contributed by atoms with van der Waals surface area (Å²) in [6.45, 7) is 1.94. The summed E-state index contributed by atoms with van der Waals surface area (Å²) in [7, 11) is 1.77. The third-order valence-corrected chi connectivity index (χ3v) is 3.03. The minimum atomic E-state index is -0.219. The molecule has 100 valence electrons. The highest BCUT2D eigenvalue weighted by Crippen LogP contribution is 2.15. The fourth-order valence-corrected chi connectivity index (χ4v) is 1.94. The Kier molecular flexibility index (Phi) is 2.90. The Morgan fingerprint density at radius 1 is 1.25 bits per heavy atom. The first-order valence-corrected chi connectivity index (χ1v) is 6.16. The number of nitrogens with one attached hydrogen (secondary N) is 1. The van der Waals surface area contributed by atoms with Crippen LogP contribution >= 0.6 is 0 Å². The van der Waals surface area contributed by atoms with Crippen LogP contribution in [0, 0.1) is 6.92 Å². The highest BCUT2D eigenvalue weighted by atomic mass is 16.1. The third kappa shape index (κ3) is 2.23. The molecule has 0 fully saturated rings. The summed E-state index contributed by atoms with van der Waals surface area (Å²) < 4.78 is 1.64. The number of carbonyl (C=O) groups excluding carboxylic acids is 1. The molecular formula is C14H13N5O. The Hall–Kier alpha value is -2.76. The van der Waals surface area contributed by atoms with E-state index >= 15 is 0 Å². The standard InChI is InChI=1S/C14H13N5O/c1-9-3-4-10-7-11(5-6-12(10)16-9)13(20)17-14-18-15-8-19(14)2/h3-8H,1-2H3,(H,17,18,20). The molecule has 1 aromatic carbocycles. The number of carbonyl (C=O) groups is 1. The van der Waals surface area contributed by atoms with E-state index in [9.17, 15) is 4.79 Å². The van der Waals surface area contributed by atoms with Crippen LogP contribution in [0.2, 0.25) is 0 Å². The summed E-state index contributed by atoms with van der Waals surface area (Å²) >= 11 is 0. The van der Waals surface area contributed by atoms with Gasteiger partial charge < -0.3 is 4.57 Å². The van der Waals surface area contributed by atoms with E-state index in [2.05, 4.69) is 20.5 Å². The van der Waals surface area contributed by atoms with Crippen LogP contribution in [0.25, 0.3) is 10.9 Å². The quantitative estimate of drug-likeness (QED) is 0.770. The van der Waals surface area contributed by atoms with Crippen molar-refractivity contribution in [2.24, 2.45) is 7.05 Å². The lowest BCUT2D eigenvalue weighted by molar-refractivity contribution is 0.102. The summed E-state index contributed by atoms with van der Waals surface area (Å²) in [4.78, 5) is 16.6. The minimum absolute atomic E-state index is 0.219. The lowest BCUT2D eigenvalue weighted by atomic mass is 10.1. The van der Waals surface area contributed by atoms with E-state index < -0.39 is 0 Å². The predicted molar refractivity (Wildman–Crippen MR) is 75.4 cm³/mol. The van der Waals surface area contributed by atoms with Gasteiger partial charge in [-0.1, -0.05) is 6.07 Å². The number of anilines is 1. The summed E-state index contributed by atoms with van der Waals surface area (Å²) in [6, 6.07) is 9.28. The molecule has 3 aromatic rings. The van der Waals surface area contributed by atoms with Crippen LogP contribution in [0.5, 0.6) is 0 Å². The van der Waals surface area contributed by atoms with Gasteiger partial charge in [-0.05, 0) is 31.2 Å². The number of hydrogen-bond acceptors (Lipinski definition) is 4. The van der Waals surface area contributed by atoms with Crippen molar-refractivity contribution in [2.75, 3.05) is 5.32 Å². The fraction of sp³-hybridized carbons (Fsp3) is 0.143. The maximum Gasteiger partial charge on any atom is 0.258 e. The molecule has 0 saturated carbocycles. The van der Waals surface area contributed by atoms with Crippen molar-refractivity contribution in [1.29, 1.82) is 0 Å².